The van der Waals surface area contributed by atoms with Gasteiger partial charge in [0.05, 0.1) is 12.1 Å². The largest absolute Gasteiger partial charge is 0.472 e. The number of carbonyl (C=O) groups is 1. The van der Waals surface area contributed by atoms with Crippen LogP contribution in [-0.2, 0) is 4.79 Å². The number of carbonyl (C=O) groups excluding carboxylic acids is 1. The number of likely N-dealkylation sites (tertiary alicyclic amines) is 1. The van der Waals surface area contributed by atoms with Crippen LogP contribution < -0.4 is 15.2 Å². The van der Waals surface area contributed by atoms with Gasteiger partial charge in [-0.2, -0.15) is 0 Å². The first-order chi connectivity index (χ1) is 15.1. The lowest BCUT2D eigenvalue weighted by molar-refractivity contribution is -0.128. The minimum absolute atomic E-state index is 0.0928. The molecule has 1 aliphatic rings. The van der Waals surface area contributed by atoms with Gasteiger partial charge in [0.2, 0.25) is 11.8 Å². The molecule has 31 heavy (non-hydrogen) atoms. The molecule has 2 aromatic carbocycles. The van der Waals surface area contributed by atoms with Crippen LogP contribution in [0.15, 0.2) is 73.6 Å². The summed E-state index contributed by atoms with van der Waals surface area (Å²) in [5.74, 6) is 2.11. The lowest BCUT2D eigenvalue weighted by atomic mass is 10.1. The van der Waals surface area contributed by atoms with Crippen molar-refractivity contribution in [1.82, 2.24) is 14.9 Å². The number of hydrogen-bond donors (Lipinski definition) is 1. The number of ether oxygens (including phenoxy) is 2. The minimum Gasteiger partial charge on any atom is -0.472 e. The summed E-state index contributed by atoms with van der Waals surface area (Å²) in [6.07, 6.45) is 4.22. The van der Waals surface area contributed by atoms with Crippen molar-refractivity contribution in [3.8, 4) is 28.5 Å². The van der Waals surface area contributed by atoms with Crippen LogP contribution in [0, 0.1) is 0 Å². The molecule has 0 radical (unpaired) electrons. The average molecular weight is 416 g/mol. The summed E-state index contributed by atoms with van der Waals surface area (Å²) >= 11 is 0. The van der Waals surface area contributed by atoms with Gasteiger partial charge < -0.3 is 20.1 Å². The van der Waals surface area contributed by atoms with Crippen LogP contribution in [0.2, 0.25) is 0 Å². The van der Waals surface area contributed by atoms with Gasteiger partial charge in [0, 0.05) is 6.54 Å². The summed E-state index contributed by atoms with van der Waals surface area (Å²) in [5, 5.41) is 0. The van der Waals surface area contributed by atoms with E-state index in [4.69, 9.17) is 15.2 Å². The van der Waals surface area contributed by atoms with Crippen LogP contribution in [0.25, 0.3) is 11.1 Å². The molecule has 1 fully saturated rings. The van der Waals surface area contributed by atoms with Crippen molar-refractivity contribution in [2.24, 2.45) is 0 Å². The fraction of sp³-hybridized carbons (Fsp3) is 0.208. The highest BCUT2D eigenvalue weighted by molar-refractivity contribution is 5.87. The fourth-order valence-corrected chi connectivity index (χ4v) is 3.58. The maximum absolute atomic E-state index is 12.0. The summed E-state index contributed by atoms with van der Waals surface area (Å²) in [6, 6.07) is 17.1. The van der Waals surface area contributed by atoms with Gasteiger partial charge in [-0.3, -0.25) is 4.79 Å². The molecule has 1 amide bonds. The van der Waals surface area contributed by atoms with E-state index in [0.717, 1.165) is 24.2 Å². The Hall–Kier alpha value is -3.87. The Morgan fingerprint density at radius 1 is 1.10 bits per heavy atom. The number of piperidine rings is 1. The van der Waals surface area contributed by atoms with Gasteiger partial charge in [0.15, 0.2) is 0 Å². The highest BCUT2D eigenvalue weighted by Gasteiger charge is 2.25. The SMILES string of the molecule is C=CC(=O)N1CCC[C@@H](Oc2ncnc(N)c2-c2ccc(Oc3ccccc3)cc2)C1. The van der Waals surface area contributed by atoms with Crippen LogP contribution in [-0.4, -0.2) is 40.0 Å². The summed E-state index contributed by atoms with van der Waals surface area (Å²) < 4.78 is 12.0. The monoisotopic (exact) mass is 416 g/mol. The molecule has 0 aliphatic carbocycles. The zero-order valence-corrected chi connectivity index (χ0v) is 17.1. The van der Waals surface area contributed by atoms with Crippen LogP contribution in [0.1, 0.15) is 12.8 Å². The third kappa shape index (κ3) is 4.83. The number of anilines is 1. The van der Waals surface area contributed by atoms with E-state index in [1.54, 1.807) is 4.90 Å². The number of rotatable bonds is 6. The van der Waals surface area contributed by atoms with E-state index in [1.165, 1.54) is 12.4 Å². The first-order valence-corrected chi connectivity index (χ1v) is 10.2. The van der Waals surface area contributed by atoms with Crippen LogP contribution >= 0.6 is 0 Å². The molecule has 0 bridgehead atoms. The number of amides is 1. The zero-order chi connectivity index (χ0) is 21.6. The maximum atomic E-state index is 12.0. The molecular formula is C24H24N4O3. The smallest absolute Gasteiger partial charge is 0.246 e. The second kappa shape index (κ2) is 9.30. The number of nitrogens with zero attached hydrogens (tertiary/aromatic N) is 3. The molecule has 1 aromatic heterocycles. The molecule has 3 aromatic rings. The Kier molecular flexibility index (Phi) is 6.12. The summed E-state index contributed by atoms with van der Waals surface area (Å²) in [7, 11) is 0. The van der Waals surface area contributed by atoms with Crippen molar-refractivity contribution in [2.75, 3.05) is 18.8 Å². The van der Waals surface area contributed by atoms with Gasteiger partial charge in [-0.25, -0.2) is 9.97 Å². The zero-order valence-electron chi connectivity index (χ0n) is 17.1. The van der Waals surface area contributed by atoms with Gasteiger partial charge in [0.25, 0.3) is 0 Å². The Morgan fingerprint density at radius 3 is 2.58 bits per heavy atom. The second-order valence-corrected chi connectivity index (χ2v) is 7.25. The molecule has 0 unspecified atom stereocenters. The Morgan fingerprint density at radius 2 is 1.84 bits per heavy atom. The number of nitrogen functional groups attached to an aromatic ring is 1. The molecule has 1 atom stereocenters. The van der Waals surface area contributed by atoms with Crippen LogP contribution in [0.5, 0.6) is 17.4 Å². The summed E-state index contributed by atoms with van der Waals surface area (Å²) in [4.78, 5) is 22.2. The standard InChI is InChI=1S/C24H24N4O3/c1-2-21(29)28-14-6-9-20(15-28)31-24-22(23(25)26-16-27-24)17-10-12-19(13-11-17)30-18-7-4-3-5-8-18/h2-5,7-8,10-13,16,20H,1,6,9,14-15H2,(H2,25,26,27)/t20-/m1/s1. The number of benzene rings is 2. The van der Waals surface area contributed by atoms with Crippen molar-refractivity contribution < 1.29 is 14.3 Å². The highest BCUT2D eigenvalue weighted by Crippen LogP contribution is 2.35. The summed E-state index contributed by atoms with van der Waals surface area (Å²) in [6.45, 7) is 4.75. The van der Waals surface area contributed by atoms with Gasteiger partial charge in [-0.15, -0.1) is 0 Å². The molecule has 2 heterocycles. The third-order valence-corrected chi connectivity index (χ3v) is 5.11. The van der Waals surface area contributed by atoms with E-state index in [1.807, 2.05) is 54.6 Å². The molecule has 0 saturated carbocycles. The fourth-order valence-electron chi connectivity index (χ4n) is 3.58. The average Bonchev–Trinajstić information content (AvgIpc) is 2.80. The van der Waals surface area contributed by atoms with Crippen molar-refractivity contribution >= 4 is 11.7 Å². The Balaban J connectivity index is 1.54. The topological polar surface area (TPSA) is 90.6 Å². The molecule has 7 nitrogen and oxygen atoms in total. The van der Waals surface area contributed by atoms with E-state index in [9.17, 15) is 4.79 Å². The third-order valence-electron chi connectivity index (χ3n) is 5.11. The lowest BCUT2D eigenvalue weighted by Gasteiger charge is -2.32. The van der Waals surface area contributed by atoms with Crippen molar-refractivity contribution in [3.05, 3.63) is 73.6 Å². The Labute approximate surface area is 181 Å². The Bertz CT molecular complexity index is 1050. The highest BCUT2D eigenvalue weighted by atomic mass is 16.5. The van der Waals surface area contributed by atoms with E-state index < -0.39 is 0 Å². The van der Waals surface area contributed by atoms with Gasteiger partial charge in [0.1, 0.15) is 29.7 Å². The first kappa shape index (κ1) is 20.4. The molecular weight excluding hydrogens is 392 g/mol. The van der Waals surface area contributed by atoms with E-state index in [2.05, 4.69) is 16.5 Å². The van der Waals surface area contributed by atoms with Crippen LogP contribution in [0.3, 0.4) is 0 Å². The quantitative estimate of drug-likeness (QED) is 0.609. The van der Waals surface area contributed by atoms with Crippen molar-refractivity contribution in [2.45, 2.75) is 18.9 Å². The molecule has 0 spiro atoms. The number of para-hydroxylation sites is 1. The van der Waals surface area contributed by atoms with Gasteiger partial charge >= 0.3 is 0 Å². The second-order valence-electron chi connectivity index (χ2n) is 7.25. The number of nitrogens with two attached hydrogens (primary N) is 1. The van der Waals surface area contributed by atoms with E-state index in [-0.39, 0.29) is 12.0 Å². The number of aromatic nitrogens is 2. The molecule has 4 rings (SSSR count). The van der Waals surface area contributed by atoms with Crippen molar-refractivity contribution in [3.63, 3.8) is 0 Å². The van der Waals surface area contributed by atoms with Crippen molar-refractivity contribution in [1.29, 1.82) is 0 Å². The lowest BCUT2D eigenvalue weighted by Crippen LogP contribution is -2.43. The maximum Gasteiger partial charge on any atom is 0.246 e. The predicted molar refractivity (Wildman–Crippen MR) is 119 cm³/mol. The molecule has 7 heteroatoms. The van der Waals surface area contributed by atoms with Gasteiger partial charge in [-0.1, -0.05) is 36.9 Å². The summed E-state index contributed by atoms with van der Waals surface area (Å²) in [5.41, 5.74) is 7.63. The van der Waals surface area contributed by atoms with Crippen LogP contribution in [0.4, 0.5) is 5.82 Å². The van der Waals surface area contributed by atoms with E-state index >= 15 is 0 Å². The molecule has 1 aliphatic heterocycles. The van der Waals surface area contributed by atoms with E-state index in [0.29, 0.717) is 36.1 Å². The molecule has 1 saturated heterocycles. The number of hydrogen-bond acceptors (Lipinski definition) is 6. The molecule has 2 N–H and O–H groups in total. The van der Waals surface area contributed by atoms with Gasteiger partial charge in [-0.05, 0) is 48.7 Å². The normalized spacial score (nSPS) is 15.9. The minimum atomic E-state index is -0.175. The molecule has 158 valence electrons. The first-order valence-electron chi connectivity index (χ1n) is 10.2. The predicted octanol–water partition coefficient (Wildman–Crippen LogP) is 4.07.